The number of halogens is 2. The lowest BCUT2D eigenvalue weighted by Crippen LogP contribution is -2.29. The molecule has 1 aromatic carbocycles. The summed E-state index contributed by atoms with van der Waals surface area (Å²) in [6.45, 7) is 3.65. The summed E-state index contributed by atoms with van der Waals surface area (Å²) in [6.07, 6.45) is 4.50. The Kier molecular flexibility index (Phi) is 7.27. The van der Waals surface area contributed by atoms with Crippen molar-refractivity contribution in [1.82, 2.24) is 25.1 Å². The Labute approximate surface area is 177 Å². The Morgan fingerprint density at radius 1 is 1.31 bits per heavy atom. The number of carbonyl (C=O) groups is 1. The van der Waals surface area contributed by atoms with Gasteiger partial charge in [-0.15, -0.1) is 0 Å². The number of anilines is 1. The number of carbonyl (C=O) groups excluding carboxylic acids is 1. The molecule has 0 bridgehead atoms. The zero-order chi connectivity index (χ0) is 20.8. The molecule has 2 aromatic heterocycles. The van der Waals surface area contributed by atoms with E-state index in [-0.39, 0.29) is 22.9 Å². The van der Waals surface area contributed by atoms with Gasteiger partial charge in [0.05, 0.1) is 24.5 Å². The maximum Gasteiger partial charge on any atom is 0.224 e. The van der Waals surface area contributed by atoms with Gasteiger partial charge in [-0.1, -0.05) is 36.4 Å². The molecule has 0 radical (unpaired) electrons. The third kappa shape index (κ3) is 5.16. The van der Waals surface area contributed by atoms with Crippen LogP contribution in [0.2, 0.25) is 5.02 Å². The summed E-state index contributed by atoms with van der Waals surface area (Å²) in [5, 5.41) is 12.2. The Balaban J connectivity index is 1.67. The first-order valence-electron chi connectivity index (χ1n) is 9.24. The highest BCUT2D eigenvalue weighted by atomic mass is 35.5. The molecule has 2 N–H and O–H groups in total. The molecule has 0 aliphatic heterocycles. The molecule has 2 heterocycles. The number of hydrogen-bond donors (Lipinski definition) is 2. The molecule has 10 heteroatoms. The van der Waals surface area contributed by atoms with E-state index in [9.17, 15) is 9.18 Å². The third-order valence-corrected chi connectivity index (χ3v) is 5.15. The van der Waals surface area contributed by atoms with E-state index in [1.165, 1.54) is 23.9 Å². The Bertz CT molecular complexity index is 992. The van der Waals surface area contributed by atoms with Crippen LogP contribution in [0.15, 0.2) is 29.6 Å². The van der Waals surface area contributed by atoms with Crippen molar-refractivity contribution in [3.63, 3.8) is 0 Å². The molecular weight excluding hydrogens is 415 g/mol. The molecule has 0 saturated carbocycles. The second-order valence-electron chi connectivity index (χ2n) is 6.32. The number of aromatic nitrogens is 4. The smallest absolute Gasteiger partial charge is 0.224 e. The van der Waals surface area contributed by atoms with Gasteiger partial charge in [-0.25, -0.2) is 19.0 Å². The van der Waals surface area contributed by atoms with Crippen LogP contribution >= 0.6 is 23.4 Å². The highest BCUT2D eigenvalue weighted by Gasteiger charge is 2.14. The van der Waals surface area contributed by atoms with Crippen molar-refractivity contribution in [3.8, 4) is 0 Å². The van der Waals surface area contributed by atoms with E-state index in [4.69, 9.17) is 11.6 Å². The fraction of sp³-hybridized carbons (Fsp3) is 0.368. The first kappa shape index (κ1) is 21.3. The van der Waals surface area contributed by atoms with Crippen LogP contribution in [0.4, 0.5) is 10.2 Å². The SMILES string of the molecule is CCCNc1nc(SC)nc2c1cnn2CCNC(=O)Cc1c(F)cccc1Cl. The number of fused-ring (bicyclic) bond motifs is 1. The topological polar surface area (TPSA) is 84.7 Å². The number of benzene rings is 1. The van der Waals surface area contributed by atoms with Crippen molar-refractivity contribution in [2.45, 2.75) is 31.5 Å². The van der Waals surface area contributed by atoms with Crippen molar-refractivity contribution in [3.05, 3.63) is 40.8 Å². The van der Waals surface area contributed by atoms with Crippen LogP contribution in [-0.2, 0) is 17.8 Å². The molecule has 0 unspecified atom stereocenters. The lowest BCUT2D eigenvalue weighted by Gasteiger charge is -2.09. The average molecular weight is 437 g/mol. The quantitative estimate of drug-likeness (QED) is 0.394. The van der Waals surface area contributed by atoms with Gasteiger partial charge < -0.3 is 10.6 Å². The Hall–Kier alpha value is -2.39. The summed E-state index contributed by atoms with van der Waals surface area (Å²) in [6, 6.07) is 4.37. The zero-order valence-electron chi connectivity index (χ0n) is 16.2. The van der Waals surface area contributed by atoms with E-state index < -0.39 is 5.82 Å². The number of rotatable bonds is 9. The lowest BCUT2D eigenvalue weighted by molar-refractivity contribution is -0.120. The van der Waals surface area contributed by atoms with Crippen molar-refractivity contribution in [2.75, 3.05) is 24.7 Å². The minimum Gasteiger partial charge on any atom is -0.369 e. The van der Waals surface area contributed by atoms with Gasteiger partial charge in [0, 0.05) is 23.7 Å². The van der Waals surface area contributed by atoms with Crippen LogP contribution in [0.5, 0.6) is 0 Å². The molecule has 0 saturated heterocycles. The molecule has 3 rings (SSSR count). The third-order valence-electron chi connectivity index (χ3n) is 4.25. The van der Waals surface area contributed by atoms with Crippen molar-refractivity contribution >= 4 is 46.1 Å². The summed E-state index contributed by atoms with van der Waals surface area (Å²) in [5.41, 5.74) is 0.898. The van der Waals surface area contributed by atoms with E-state index >= 15 is 0 Å². The van der Waals surface area contributed by atoms with Gasteiger partial charge in [0.1, 0.15) is 11.6 Å². The number of nitrogens with zero attached hydrogens (tertiary/aromatic N) is 4. The average Bonchev–Trinajstić information content (AvgIpc) is 3.12. The number of thioether (sulfide) groups is 1. The van der Waals surface area contributed by atoms with E-state index in [2.05, 4.69) is 32.6 Å². The highest BCUT2D eigenvalue weighted by molar-refractivity contribution is 7.98. The molecule has 0 spiro atoms. The summed E-state index contributed by atoms with van der Waals surface area (Å²) in [5.74, 6) is -0.0389. The van der Waals surface area contributed by atoms with Crippen LogP contribution in [0.3, 0.4) is 0 Å². The number of hydrogen-bond acceptors (Lipinski definition) is 6. The van der Waals surface area contributed by atoms with Gasteiger partial charge >= 0.3 is 0 Å². The standard InChI is InChI=1S/C19H22ClFN6OS/c1-3-7-23-17-13-11-24-27(18(13)26-19(25-17)29-2)9-8-22-16(28)10-12-14(20)5-4-6-15(12)21/h4-6,11H,3,7-10H2,1-2H3,(H,22,28)(H,23,25,26). The minimum atomic E-state index is -0.487. The van der Waals surface area contributed by atoms with Gasteiger partial charge in [0.2, 0.25) is 5.91 Å². The molecule has 3 aromatic rings. The second-order valence-corrected chi connectivity index (χ2v) is 7.50. The largest absolute Gasteiger partial charge is 0.369 e. The fourth-order valence-corrected chi connectivity index (χ4v) is 3.38. The van der Waals surface area contributed by atoms with E-state index in [1.807, 2.05) is 6.26 Å². The second kappa shape index (κ2) is 9.89. The molecule has 154 valence electrons. The van der Waals surface area contributed by atoms with Crippen molar-refractivity contribution in [1.29, 1.82) is 0 Å². The Morgan fingerprint density at radius 3 is 2.86 bits per heavy atom. The van der Waals surface area contributed by atoms with Gasteiger partial charge in [-0.3, -0.25) is 4.79 Å². The fourth-order valence-electron chi connectivity index (χ4n) is 2.79. The van der Waals surface area contributed by atoms with Gasteiger partial charge in [0.25, 0.3) is 0 Å². The van der Waals surface area contributed by atoms with Crippen LogP contribution in [0.25, 0.3) is 11.0 Å². The van der Waals surface area contributed by atoms with Crippen LogP contribution in [0.1, 0.15) is 18.9 Å². The summed E-state index contributed by atoms with van der Waals surface area (Å²) < 4.78 is 15.6. The molecule has 0 aliphatic carbocycles. The lowest BCUT2D eigenvalue weighted by atomic mass is 10.1. The van der Waals surface area contributed by atoms with E-state index in [0.717, 1.165) is 24.2 Å². The molecular formula is C19H22ClFN6OS. The highest BCUT2D eigenvalue weighted by Crippen LogP contribution is 2.23. The maximum absolute atomic E-state index is 13.8. The molecule has 0 aliphatic rings. The molecule has 7 nitrogen and oxygen atoms in total. The van der Waals surface area contributed by atoms with Crippen LogP contribution < -0.4 is 10.6 Å². The molecule has 0 fully saturated rings. The predicted octanol–water partition coefficient (Wildman–Crippen LogP) is 3.52. The number of amides is 1. The molecule has 0 atom stereocenters. The van der Waals surface area contributed by atoms with E-state index in [1.54, 1.807) is 16.9 Å². The van der Waals surface area contributed by atoms with Crippen LogP contribution in [0, 0.1) is 5.82 Å². The maximum atomic E-state index is 13.8. The molecule has 29 heavy (non-hydrogen) atoms. The van der Waals surface area contributed by atoms with E-state index in [0.29, 0.717) is 23.9 Å². The monoisotopic (exact) mass is 436 g/mol. The normalized spacial score (nSPS) is 11.0. The zero-order valence-corrected chi connectivity index (χ0v) is 17.8. The van der Waals surface area contributed by atoms with Gasteiger partial charge in [-0.05, 0) is 24.8 Å². The first-order valence-corrected chi connectivity index (χ1v) is 10.8. The summed E-state index contributed by atoms with van der Waals surface area (Å²) >= 11 is 7.43. The van der Waals surface area contributed by atoms with Crippen molar-refractivity contribution < 1.29 is 9.18 Å². The van der Waals surface area contributed by atoms with Crippen molar-refractivity contribution in [2.24, 2.45) is 0 Å². The van der Waals surface area contributed by atoms with Gasteiger partial charge in [-0.2, -0.15) is 5.10 Å². The van der Waals surface area contributed by atoms with Crippen LogP contribution in [-0.4, -0.2) is 45.0 Å². The summed E-state index contributed by atoms with van der Waals surface area (Å²) in [4.78, 5) is 21.2. The van der Waals surface area contributed by atoms with Gasteiger partial charge in [0.15, 0.2) is 10.8 Å². The number of nitrogens with one attached hydrogen (secondary N) is 2. The summed E-state index contributed by atoms with van der Waals surface area (Å²) in [7, 11) is 0. The minimum absolute atomic E-state index is 0.116. The first-order chi connectivity index (χ1) is 14.0. The predicted molar refractivity (Wildman–Crippen MR) is 114 cm³/mol. The molecule has 1 amide bonds. The Morgan fingerprint density at radius 2 is 2.14 bits per heavy atom.